The lowest BCUT2D eigenvalue weighted by Gasteiger charge is -2.27. The van der Waals surface area contributed by atoms with E-state index in [0.717, 1.165) is 28.8 Å². The Hall–Kier alpha value is -4.23. The molecule has 13 heteroatoms. The van der Waals surface area contributed by atoms with Crippen LogP contribution in [0.4, 0.5) is 20.6 Å². The van der Waals surface area contributed by atoms with E-state index in [1.165, 1.54) is 55.5 Å². The summed E-state index contributed by atoms with van der Waals surface area (Å²) in [6, 6.07) is 14.8. The molecule has 0 aromatic heterocycles. The van der Waals surface area contributed by atoms with Crippen LogP contribution in [0.5, 0.6) is 0 Å². The lowest BCUT2D eigenvalue weighted by molar-refractivity contribution is -0.138. The van der Waals surface area contributed by atoms with Crippen LogP contribution in [0.15, 0.2) is 77.7 Å². The third-order valence-corrected chi connectivity index (χ3v) is 8.23. The van der Waals surface area contributed by atoms with Gasteiger partial charge in [-0.25, -0.2) is 17.6 Å². The van der Waals surface area contributed by atoms with Gasteiger partial charge in [-0.2, -0.15) is 0 Å². The fraction of sp³-hybridized carbons (Fsp3) is 0.154. The lowest BCUT2D eigenvalue weighted by atomic mass is 10.1. The SMILES string of the molecule is C[C@@H](C(=O)O)N(C(=O)c1cccc(NS(=O)(=O)c2ccc(CC3SC(=O)NC3=O)cc2)c1)c1ccc(F)cc1. The van der Waals surface area contributed by atoms with Gasteiger partial charge in [-0.15, -0.1) is 0 Å². The molecule has 1 aliphatic rings. The Kier molecular flexibility index (Phi) is 8.02. The molecule has 0 bridgehead atoms. The quantitative estimate of drug-likeness (QED) is 0.352. The summed E-state index contributed by atoms with van der Waals surface area (Å²) >= 11 is 0.878. The summed E-state index contributed by atoms with van der Waals surface area (Å²) < 4.78 is 41.8. The molecular formula is C26H22FN3O7S2. The van der Waals surface area contributed by atoms with E-state index < -0.39 is 50.2 Å². The van der Waals surface area contributed by atoms with Gasteiger partial charge < -0.3 is 5.11 Å². The predicted octanol–water partition coefficient (Wildman–Crippen LogP) is 3.64. The number of rotatable bonds is 9. The molecule has 0 aliphatic carbocycles. The van der Waals surface area contributed by atoms with Crippen molar-refractivity contribution in [1.82, 2.24) is 5.32 Å². The molecule has 1 heterocycles. The number of sulfonamides is 1. The maximum absolute atomic E-state index is 13.4. The van der Waals surface area contributed by atoms with Gasteiger partial charge in [-0.1, -0.05) is 30.0 Å². The van der Waals surface area contributed by atoms with Crippen LogP contribution in [-0.2, 0) is 26.0 Å². The van der Waals surface area contributed by atoms with Crippen molar-refractivity contribution < 1.29 is 37.1 Å². The van der Waals surface area contributed by atoms with E-state index in [9.17, 15) is 37.1 Å². The lowest BCUT2D eigenvalue weighted by Crippen LogP contribution is -2.43. The zero-order chi connectivity index (χ0) is 28.3. The second kappa shape index (κ2) is 11.3. The first-order chi connectivity index (χ1) is 18.4. The number of hydrogen-bond acceptors (Lipinski definition) is 7. The molecule has 0 radical (unpaired) electrons. The minimum atomic E-state index is -4.08. The zero-order valence-electron chi connectivity index (χ0n) is 20.3. The zero-order valence-corrected chi connectivity index (χ0v) is 22.0. The van der Waals surface area contributed by atoms with Crippen molar-refractivity contribution >= 4 is 56.2 Å². The number of benzene rings is 3. The number of aliphatic carboxylic acids is 1. The minimum Gasteiger partial charge on any atom is -0.480 e. The molecule has 0 saturated carbocycles. The smallest absolute Gasteiger partial charge is 0.326 e. The van der Waals surface area contributed by atoms with E-state index >= 15 is 0 Å². The average Bonchev–Trinajstić information content (AvgIpc) is 3.21. The van der Waals surface area contributed by atoms with Crippen molar-refractivity contribution in [2.45, 2.75) is 29.5 Å². The van der Waals surface area contributed by atoms with Gasteiger partial charge in [0.25, 0.3) is 21.2 Å². The molecular weight excluding hydrogens is 549 g/mol. The third-order valence-electron chi connectivity index (χ3n) is 5.85. The van der Waals surface area contributed by atoms with Gasteiger partial charge in [0, 0.05) is 16.9 Å². The molecule has 39 heavy (non-hydrogen) atoms. The Labute approximate surface area is 227 Å². The molecule has 3 aromatic rings. The summed E-state index contributed by atoms with van der Waals surface area (Å²) in [7, 11) is -4.08. The minimum absolute atomic E-state index is 0.00450. The van der Waals surface area contributed by atoms with Crippen LogP contribution in [0, 0.1) is 5.82 Å². The number of carbonyl (C=O) groups excluding carboxylic acids is 3. The number of carboxylic acids is 1. The fourth-order valence-corrected chi connectivity index (χ4v) is 5.75. The Balaban J connectivity index is 1.53. The highest BCUT2D eigenvalue weighted by molar-refractivity contribution is 8.15. The van der Waals surface area contributed by atoms with Crippen LogP contribution in [0.2, 0.25) is 0 Å². The van der Waals surface area contributed by atoms with E-state index in [1.54, 1.807) is 12.1 Å². The molecule has 10 nitrogen and oxygen atoms in total. The first-order valence-electron chi connectivity index (χ1n) is 11.5. The largest absolute Gasteiger partial charge is 0.480 e. The number of carboxylic acid groups (broad SMARTS) is 1. The monoisotopic (exact) mass is 571 g/mol. The van der Waals surface area contributed by atoms with Crippen LogP contribution >= 0.6 is 11.8 Å². The highest BCUT2D eigenvalue weighted by Gasteiger charge is 2.32. The number of nitrogens with zero attached hydrogens (tertiary/aromatic N) is 1. The summed E-state index contributed by atoms with van der Waals surface area (Å²) in [5, 5.41) is 10.7. The topological polar surface area (TPSA) is 150 Å². The first-order valence-corrected chi connectivity index (χ1v) is 13.9. The number of amides is 3. The Morgan fingerprint density at radius 2 is 1.74 bits per heavy atom. The Bertz CT molecular complexity index is 1540. The van der Waals surface area contributed by atoms with Gasteiger partial charge in [-0.3, -0.25) is 29.3 Å². The number of imide groups is 1. The van der Waals surface area contributed by atoms with Crippen LogP contribution in [0.25, 0.3) is 0 Å². The summed E-state index contributed by atoms with van der Waals surface area (Å²) in [5.41, 5.74) is 0.881. The van der Waals surface area contributed by atoms with Crippen molar-refractivity contribution in [3.8, 4) is 0 Å². The molecule has 4 rings (SSSR count). The Morgan fingerprint density at radius 3 is 2.33 bits per heavy atom. The van der Waals surface area contributed by atoms with E-state index in [1.807, 2.05) is 0 Å². The summed E-state index contributed by atoms with van der Waals surface area (Å²) in [4.78, 5) is 49.0. The fourth-order valence-electron chi connectivity index (χ4n) is 3.84. The number of halogens is 1. The molecule has 1 aliphatic heterocycles. The second-order valence-electron chi connectivity index (χ2n) is 8.58. The van der Waals surface area contributed by atoms with Gasteiger partial charge in [0.1, 0.15) is 11.9 Å². The molecule has 1 saturated heterocycles. The highest BCUT2D eigenvalue weighted by atomic mass is 32.2. The van der Waals surface area contributed by atoms with Crippen molar-refractivity contribution in [1.29, 1.82) is 0 Å². The maximum atomic E-state index is 13.4. The molecule has 3 N–H and O–H groups in total. The summed E-state index contributed by atoms with van der Waals surface area (Å²) in [5.74, 6) is -2.97. The van der Waals surface area contributed by atoms with E-state index in [0.29, 0.717) is 5.56 Å². The number of thioether (sulfide) groups is 1. The van der Waals surface area contributed by atoms with Crippen LogP contribution in [0.1, 0.15) is 22.8 Å². The van der Waals surface area contributed by atoms with Crippen molar-refractivity contribution in [3.05, 3.63) is 89.7 Å². The second-order valence-corrected chi connectivity index (χ2v) is 11.4. The number of anilines is 2. The molecule has 1 unspecified atom stereocenters. The van der Waals surface area contributed by atoms with Gasteiger partial charge in [-0.05, 0) is 73.5 Å². The Morgan fingerprint density at radius 1 is 1.08 bits per heavy atom. The van der Waals surface area contributed by atoms with Crippen molar-refractivity contribution in [2.75, 3.05) is 9.62 Å². The van der Waals surface area contributed by atoms with Crippen LogP contribution in [0.3, 0.4) is 0 Å². The normalized spacial score (nSPS) is 15.9. The van der Waals surface area contributed by atoms with E-state index in [2.05, 4.69) is 10.0 Å². The predicted molar refractivity (Wildman–Crippen MR) is 143 cm³/mol. The van der Waals surface area contributed by atoms with Crippen molar-refractivity contribution in [2.24, 2.45) is 0 Å². The number of carbonyl (C=O) groups is 4. The molecule has 202 valence electrons. The van der Waals surface area contributed by atoms with E-state index in [4.69, 9.17) is 0 Å². The molecule has 1 fully saturated rings. The third kappa shape index (κ3) is 6.44. The molecule has 3 aromatic carbocycles. The standard InChI is InChI=1S/C26H22FN3O7S2/c1-15(25(33)34)30(20-9-7-18(27)8-10-20)24(32)17-3-2-4-19(14-17)29-39(36,37)21-11-5-16(6-12-21)13-22-23(31)28-26(35)38-22/h2-12,14-15,22,29H,13H2,1H3,(H,33,34)(H,28,31,35)/t15-,22?/m0/s1. The van der Waals surface area contributed by atoms with Gasteiger partial charge in [0.05, 0.1) is 10.1 Å². The first kappa shape index (κ1) is 27.8. The number of hydrogen-bond donors (Lipinski definition) is 3. The molecule has 2 atom stereocenters. The van der Waals surface area contributed by atoms with Gasteiger partial charge in [0.15, 0.2) is 0 Å². The summed E-state index contributed by atoms with van der Waals surface area (Å²) in [6.07, 6.45) is 0.249. The molecule has 3 amide bonds. The van der Waals surface area contributed by atoms with Crippen molar-refractivity contribution in [3.63, 3.8) is 0 Å². The van der Waals surface area contributed by atoms with Crippen LogP contribution in [-0.4, -0.2) is 47.8 Å². The average molecular weight is 572 g/mol. The maximum Gasteiger partial charge on any atom is 0.326 e. The van der Waals surface area contributed by atoms with E-state index in [-0.39, 0.29) is 28.3 Å². The molecule has 0 spiro atoms. The number of nitrogens with one attached hydrogen (secondary N) is 2. The van der Waals surface area contributed by atoms with Gasteiger partial charge >= 0.3 is 5.97 Å². The summed E-state index contributed by atoms with van der Waals surface area (Å²) in [6.45, 7) is 1.30. The highest BCUT2D eigenvalue weighted by Crippen LogP contribution is 2.25. The van der Waals surface area contributed by atoms with Gasteiger partial charge in [0.2, 0.25) is 5.91 Å². The van der Waals surface area contributed by atoms with Crippen LogP contribution < -0.4 is 14.9 Å².